The summed E-state index contributed by atoms with van der Waals surface area (Å²) in [4.78, 5) is 16.6. The van der Waals surface area contributed by atoms with Gasteiger partial charge >= 0.3 is 6.09 Å². The van der Waals surface area contributed by atoms with Gasteiger partial charge in [0, 0.05) is 18.6 Å². The van der Waals surface area contributed by atoms with Crippen molar-refractivity contribution < 1.29 is 9.53 Å². The summed E-state index contributed by atoms with van der Waals surface area (Å²) in [5.74, 6) is 0. The third-order valence-corrected chi connectivity index (χ3v) is 4.63. The number of nitrogens with one attached hydrogen (secondary N) is 1. The van der Waals surface area contributed by atoms with Crippen LogP contribution in [-0.2, 0) is 4.74 Å². The summed E-state index contributed by atoms with van der Waals surface area (Å²) in [7, 11) is 2.19. The van der Waals surface area contributed by atoms with Gasteiger partial charge in [-0.25, -0.2) is 4.79 Å². The highest BCUT2D eigenvalue weighted by molar-refractivity contribution is 5.68. The zero-order valence-corrected chi connectivity index (χ0v) is 14.7. The topological polar surface area (TPSA) is 44.8 Å². The van der Waals surface area contributed by atoms with Crippen molar-refractivity contribution in [2.45, 2.75) is 70.6 Å². The predicted octanol–water partition coefficient (Wildman–Crippen LogP) is 2.46. The molecular formula is C17H33N3O2. The molecule has 128 valence electrons. The number of ether oxygens (including phenoxy) is 1. The molecule has 2 saturated heterocycles. The van der Waals surface area contributed by atoms with Gasteiger partial charge in [0.1, 0.15) is 5.60 Å². The van der Waals surface area contributed by atoms with Crippen LogP contribution in [0.2, 0.25) is 0 Å². The van der Waals surface area contributed by atoms with Crippen molar-refractivity contribution in [2.75, 3.05) is 33.2 Å². The number of carbonyl (C=O) groups is 1. The van der Waals surface area contributed by atoms with E-state index in [0.29, 0.717) is 12.1 Å². The second-order valence-electron chi connectivity index (χ2n) is 7.79. The molecular weight excluding hydrogens is 278 g/mol. The highest BCUT2D eigenvalue weighted by Gasteiger charge is 2.31. The van der Waals surface area contributed by atoms with E-state index >= 15 is 0 Å². The molecule has 2 aliphatic rings. The quantitative estimate of drug-likeness (QED) is 0.866. The Morgan fingerprint density at radius 3 is 2.50 bits per heavy atom. The van der Waals surface area contributed by atoms with Crippen molar-refractivity contribution >= 4 is 6.09 Å². The number of piperidine rings is 1. The van der Waals surface area contributed by atoms with Gasteiger partial charge < -0.3 is 19.9 Å². The maximum Gasteiger partial charge on any atom is 0.410 e. The summed E-state index contributed by atoms with van der Waals surface area (Å²) < 4.78 is 5.52. The summed E-state index contributed by atoms with van der Waals surface area (Å²) in [5.41, 5.74) is -0.406. The van der Waals surface area contributed by atoms with Crippen LogP contribution in [0.25, 0.3) is 0 Å². The fourth-order valence-corrected chi connectivity index (χ4v) is 3.36. The zero-order chi connectivity index (χ0) is 16.2. The van der Waals surface area contributed by atoms with Crippen LogP contribution in [0.3, 0.4) is 0 Å². The second kappa shape index (κ2) is 7.64. The average Bonchev–Trinajstić information content (AvgIpc) is 2.88. The van der Waals surface area contributed by atoms with Crippen molar-refractivity contribution in [2.24, 2.45) is 0 Å². The SMILES string of the molecule is CN1CCC(NCCC2CCCN2C(=O)OC(C)(C)C)CC1. The third kappa shape index (κ3) is 5.43. The van der Waals surface area contributed by atoms with Crippen molar-refractivity contribution in [3.8, 4) is 0 Å². The number of hydrogen-bond acceptors (Lipinski definition) is 4. The Balaban J connectivity index is 1.71. The Hall–Kier alpha value is -0.810. The highest BCUT2D eigenvalue weighted by Crippen LogP contribution is 2.23. The van der Waals surface area contributed by atoms with Crippen molar-refractivity contribution in [1.29, 1.82) is 0 Å². The molecule has 5 heteroatoms. The van der Waals surface area contributed by atoms with Crippen molar-refractivity contribution in [1.82, 2.24) is 15.1 Å². The molecule has 0 aromatic carbocycles. The van der Waals surface area contributed by atoms with E-state index in [1.165, 1.54) is 25.9 Å². The Bertz CT molecular complexity index is 359. The lowest BCUT2D eigenvalue weighted by molar-refractivity contribution is 0.0220. The summed E-state index contributed by atoms with van der Waals surface area (Å²) in [5, 5.41) is 3.67. The van der Waals surface area contributed by atoms with E-state index in [0.717, 1.165) is 32.4 Å². The number of hydrogen-bond donors (Lipinski definition) is 1. The maximum absolute atomic E-state index is 12.3. The highest BCUT2D eigenvalue weighted by atomic mass is 16.6. The summed E-state index contributed by atoms with van der Waals surface area (Å²) in [6.07, 6.45) is 5.56. The van der Waals surface area contributed by atoms with E-state index in [1.807, 2.05) is 25.7 Å². The molecule has 1 amide bonds. The molecule has 1 N–H and O–H groups in total. The second-order valence-corrected chi connectivity index (χ2v) is 7.79. The molecule has 5 nitrogen and oxygen atoms in total. The minimum atomic E-state index is -0.406. The van der Waals surface area contributed by atoms with Gasteiger partial charge in [0.25, 0.3) is 0 Å². The first-order valence-corrected chi connectivity index (χ1v) is 8.77. The van der Waals surface area contributed by atoms with Crippen LogP contribution in [0.4, 0.5) is 4.79 Å². The van der Waals surface area contributed by atoms with E-state index in [4.69, 9.17) is 4.74 Å². The van der Waals surface area contributed by atoms with E-state index < -0.39 is 5.60 Å². The lowest BCUT2D eigenvalue weighted by Gasteiger charge is -2.31. The normalized spacial score (nSPS) is 24.7. The first-order chi connectivity index (χ1) is 10.3. The van der Waals surface area contributed by atoms with Gasteiger partial charge in [-0.3, -0.25) is 0 Å². The van der Waals surface area contributed by atoms with Crippen LogP contribution >= 0.6 is 0 Å². The molecule has 0 saturated carbocycles. The number of carbonyl (C=O) groups excluding carboxylic acids is 1. The number of nitrogens with zero attached hydrogens (tertiary/aromatic N) is 2. The Labute approximate surface area is 135 Å². The molecule has 2 heterocycles. The van der Waals surface area contributed by atoms with Crippen LogP contribution in [0.5, 0.6) is 0 Å². The molecule has 0 bridgehead atoms. The molecule has 0 radical (unpaired) electrons. The van der Waals surface area contributed by atoms with Gasteiger partial charge in [-0.05, 0) is 79.6 Å². The van der Waals surface area contributed by atoms with Crippen molar-refractivity contribution in [3.63, 3.8) is 0 Å². The number of amides is 1. The van der Waals surface area contributed by atoms with Gasteiger partial charge in [0.15, 0.2) is 0 Å². The lowest BCUT2D eigenvalue weighted by Crippen LogP contribution is -2.44. The lowest BCUT2D eigenvalue weighted by atomic mass is 10.0. The summed E-state index contributed by atoms with van der Waals surface area (Å²) in [6, 6.07) is 0.987. The molecule has 1 unspecified atom stereocenters. The van der Waals surface area contributed by atoms with E-state index in [1.54, 1.807) is 0 Å². The zero-order valence-electron chi connectivity index (χ0n) is 14.7. The largest absolute Gasteiger partial charge is 0.444 e. The smallest absolute Gasteiger partial charge is 0.410 e. The van der Waals surface area contributed by atoms with Crippen LogP contribution in [0, 0.1) is 0 Å². The van der Waals surface area contributed by atoms with Gasteiger partial charge in [-0.2, -0.15) is 0 Å². The molecule has 22 heavy (non-hydrogen) atoms. The molecule has 0 aromatic rings. The number of rotatable bonds is 4. The molecule has 2 aliphatic heterocycles. The van der Waals surface area contributed by atoms with Gasteiger partial charge in [-0.1, -0.05) is 0 Å². The van der Waals surface area contributed by atoms with Crippen LogP contribution < -0.4 is 5.32 Å². The molecule has 0 aromatic heterocycles. The van der Waals surface area contributed by atoms with E-state index in [-0.39, 0.29) is 6.09 Å². The van der Waals surface area contributed by atoms with Gasteiger partial charge in [0.05, 0.1) is 0 Å². The Morgan fingerprint density at radius 1 is 1.18 bits per heavy atom. The first-order valence-electron chi connectivity index (χ1n) is 8.77. The van der Waals surface area contributed by atoms with Crippen LogP contribution in [0.15, 0.2) is 0 Å². The molecule has 1 atom stereocenters. The van der Waals surface area contributed by atoms with Crippen LogP contribution in [0.1, 0.15) is 52.9 Å². The van der Waals surface area contributed by atoms with Gasteiger partial charge in [-0.15, -0.1) is 0 Å². The fraction of sp³-hybridized carbons (Fsp3) is 0.941. The number of likely N-dealkylation sites (tertiary alicyclic amines) is 2. The minimum absolute atomic E-state index is 0.144. The Kier molecular flexibility index (Phi) is 6.09. The first kappa shape index (κ1) is 17.5. The van der Waals surface area contributed by atoms with E-state index in [9.17, 15) is 4.79 Å². The summed E-state index contributed by atoms with van der Waals surface area (Å²) in [6.45, 7) is 10.00. The minimum Gasteiger partial charge on any atom is -0.444 e. The third-order valence-electron chi connectivity index (χ3n) is 4.63. The summed E-state index contributed by atoms with van der Waals surface area (Å²) >= 11 is 0. The molecule has 2 fully saturated rings. The maximum atomic E-state index is 12.3. The predicted molar refractivity (Wildman–Crippen MR) is 89.1 cm³/mol. The molecule has 0 spiro atoms. The molecule has 2 rings (SSSR count). The van der Waals surface area contributed by atoms with Crippen molar-refractivity contribution in [3.05, 3.63) is 0 Å². The van der Waals surface area contributed by atoms with Gasteiger partial charge in [0.2, 0.25) is 0 Å². The van der Waals surface area contributed by atoms with Crippen LogP contribution in [-0.4, -0.2) is 66.8 Å². The standard InChI is InChI=1S/C17H33N3O2/c1-17(2,3)22-16(21)20-11-5-6-15(20)7-10-18-14-8-12-19(4)13-9-14/h14-15,18H,5-13H2,1-4H3. The van der Waals surface area contributed by atoms with E-state index in [2.05, 4.69) is 17.3 Å². The Morgan fingerprint density at radius 2 is 1.86 bits per heavy atom. The molecule has 0 aliphatic carbocycles. The average molecular weight is 311 g/mol. The fourth-order valence-electron chi connectivity index (χ4n) is 3.36. The monoisotopic (exact) mass is 311 g/mol.